The molecule has 0 saturated heterocycles. The lowest BCUT2D eigenvalue weighted by molar-refractivity contribution is 0.334. The van der Waals surface area contributed by atoms with Crippen LogP contribution in [0.1, 0.15) is 24.1 Å². The first-order chi connectivity index (χ1) is 9.61. The molecule has 0 aliphatic heterocycles. The molecule has 1 unspecified atom stereocenters. The van der Waals surface area contributed by atoms with Crippen LogP contribution in [0.15, 0.2) is 42.5 Å². The molecule has 0 heterocycles. The number of hydrogen-bond acceptors (Lipinski definition) is 2. The largest absolute Gasteiger partial charge is 0.494 e. The molecular weight excluding hydrogens is 260 g/mol. The van der Waals surface area contributed by atoms with Crippen molar-refractivity contribution in [3.63, 3.8) is 0 Å². The van der Waals surface area contributed by atoms with E-state index in [0.717, 1.165) is 11.6 Å². The van der Waals surface area contributed by atoms with Crippen LogP contribution in [0.2, 0.25) is 0 Å². The third-order valence-electron chi connectivity index (χ3n) is 3.07. The van der Waals surface area contributed by atoms with Crippen LogP contribution in [0.4, 0.5) is 8.78 Å². The maximum Gasteiger partial charge on any atom is 0.129 e. The molecule has 1 atom stereocenters. The van der Waals surface area contributed by atoms with Crippen LogP contribution in [0.25, 0.3) is 0 Å². The van der Waals surface area contributed by atoms with Gasteiger partial charge >= 0.3 is 0 Å². The fourth-order valence-corrected chi connectivity index (χ4v) is 2.11. The predicted octanol–water partition coefficient (Wildman–Crippen LogP) is 3.61. The van der Waals surface area contributed by atoms with Crippen LogP contribution < -0.4 is 10.5 Å². The van der Waals surface area contributed by atoms with E-state index in [4.69, 9.17) is 10.5 Å². The second-order valence-corrected chi connectivity index (χ2v) is 4.52. The minimum atomic E-state index is -0.588. The van der Waals surface area contributed by atoms with Crippen LogP contribution >= 0.6 is 0 Å². The van der Waals surface area contributed by atoms with Crippen molar-refractivity contribution in [3.8, 4) is 5.75 Å². The van der Waals surface area contributed by atoms with Gasteiger partial charge in [0.1, 0.15) is 17.4 Å². The summed E-state index contributed by atoms with van der Waals surface area (Å²) in [5, 5.41) is 0. The second kappa shape index (κ2) is 6.48. The Balaban J connectivity index is 2.21. The van der Waals surface area contributed by atoms with Crippen LogP contribution in [0.5, 0.6) is 5.75 Å². The highest BCUT2D eigenvalue weighted by molar-refractivity contribution is 5.37. The van der Waals surface area contributed by atoms with Gasteiger partial charge < -0.3 is 10.5 Å². The fourth-order valence-electron chi connectivity index (χ4n) is 2.11. The predicted molar refractivity (Wildman–Crippen MR) is 74.6 cm³/mol. The summed E-state index contributed by atoms with van der Waals surface area (Å²) in [7, 11) is 0. The summed E-state index contributed by atoms with van der Waals surface area (Å²) >= 11 is 0. The Morgan fingerprint density at radius 2 is 1.90 bits per heavy atom. The molecule has 2 N–H and O–H groups in total. The molecule has 0 aliphatic carbocycles. The lowest BCUT2D eigenvalue weighted by atomic mass is 9.98. The van der Waals surface area contributed by atoms with E-state index in [-0.39, 0.29) is 6.42 Å². The zero-order chi connectivity index (χ0) is 14.5. The number of halogens is 2. The summed E-state index contributed by atoms with van der Waals surface area (Å²) in [4.78, 5) is 0. The van der Waals surface area contributed by atoms with E-state index in [2.05, 4.69) is 0 Å². The van der Waals surface area contributed by atoms with Gasteiger partial charge in [-0.05, 0) is 31.0 Å². The monoisotopic (exact) mass is 277 g/mol. The molecule has 0 fully saturated rings. The Morgan fingerprint density at radius 3 is 2.60 bits per heavy atom. The topological polar surface area (TPSA) is 35.2 Å². The van der Waals surface area contributed by atoms with Gasteiger partial charge in [0.2, 0.25) is 0 Å². The van der Waals surface area contributed by atoms with Gasteiger partial charge in [0, 0.05) is 17.7 Å². The van der Waals surface area contributed by atoms with Crippen molar-refractivity contribution in [1.82, 2.24) is 0 Å². The molecule has 0 aromatic heterocycles. The SMILES string of the molecule is CCOc1ccccc1C(N)Cc1ccc(F)cc1F. The van der Waals surface area contributed by atoms with E-state index < -0.39 is 17.7 Å². The van der Waals surface area contributed by atoms with Gasteiger partial charge in [-0.2, -0.15) is 0 Å². The molecule has 0 aliphatic rings. The van der Waals surface area contributed by atoms with Gasteiger partial charge in [-0.15, -0.1) is 0 Å². The highest BCUT2D eigenvalue weighted by Crippen LogP contribution is 2.26. The number of rotatable bonds is 5. The normalized spacial score (nSPS) is 12.2. The van der Waals surface area contributed by atoms with Crippen LogP contribution in [0, 0.1) is 11.6 Å². The first kappa shape index (κ1) is 14.5. The Labute approximate surface area is 117 Å². The van der Waals surface area contributed by atoms with E-state index in [0.29, 0.717) is 17.9 Å². The fraction of sp³-hybridized carbons (Fsp3) is 0.250. The van der Waals surface area contributed by atoms with E-state index >= 15 is 0 Å². The van der Waals surface area contributed by atoms with E-state index in [1.807, 2.05) is 31.2 Å². The third kappa shape index (κ3) is 3.33. The van der Waals surface area contributed by atoms with Gasteiger partial charge in [-0.1, -0.05) is 24.3 Å². The Bertz CT molecular complexity index is 586. The molecular formula is C16H17F2NO. The highest BCUT2D eigenvalue weighted by Gasteiger charge is 2.14. The van der Waals surface area contributed by atoms with E-state index in [9.17, 15) is 8.78 Å². The number of ether oxygens (including phenoxy) is 1. The molecule has 0 bridgehead atoms. The van der Waals surface area contributed by atoms with Crippen LogP contribution in [-0.4, -0.2) is 6.61 Å². The summed E-state index contributed by atoms with van der Waals surface area (Å²) in [5.74, 6) is -0.464. The summed E-state index contributed by atoms with van der Waals surface area (Å²) in [5.41, 5.74) is 7.34. The summed E-state index contributed by atoms with van der Waals surface area (Å²) in [6, 6.07) is 10.5. The van der Waals surface area contributed by atoms with Crippen LogP contribution in [-0.2, 0) is 6.42 Å². The first-order valence-electron chi connectivity index (χ1n) is 6.53. The molecule has 0 spiro atoms. The van der Waals surface area contributed by atoms with Crippen molar-refractivity contribution >= 4 is 0 Å². The van der Waals surface area contributed by atoms with Gasteiger partial charge in [-0.25, -0.2) is 8.78 Å². The Morgan fingerprint density at radius 1 is 1.15 bits per heavy atom. The summed E-state index contributed by atoms with van der Waals surface area (Å²) in [6.07, 6.45) is 0.288. The zero-order valence-corrected chi connectivity index (χ0v) is 11.3. The molecule has 2 rings (SSSR count). The Kier molecular flexibility index (Phi) is 4.69. The van der Waals surface area contributed by atoms with Crippen molar-refractivity contribution in [1.29, 1.82) is 0 Å². The smallest absolute Gasteiger partial charge is 0.129 e. The maximum absolute atomic E-state index is 13.6. The van der Waals surface area contributed by atoms with Crippen molar-refractivity contribution in [2.45, 2.75) is 19.4 Å². The maximum atomic E-state index is 13.6. The lowest BCUT2D eigenvalue weighted by Gasteiger charge is -2.17. The highest BCUT2D eigenvalue weighted by atomic mass is 19.1. The average Bonchev–Trinajstić information content (AvgIpc) is 2.43. The molecule has 0 saturated carbocycles. The molecule has 20 heavy (non-hydrogen) atoms. The van der Waals surface area contributed by atoms with Crippen molar-refractivity contribution in [3.05, 3.63) is 65.2 Å². The van der Waals surface area contributed by atoms with E-state index in [1.165, 1.54) is 12.1 Å². The summed E-state index contributed by atoms with van der Waals surface area (Å²) in [6.45, 7) is 2.43. The zero-order valence-electron chi connectivity index (χ0n) is 11.3. The first-order valence-corrected chi connectivity index (χ1v) is 6.53. The van der Waals surface area contributed by atoms with E-state index in [1.54, 1.807) is 0 Å². The van der Waals surface area contributed by atoms with Gasteiger partial charge in [0.15, 0.2) is 0 Å². The van der Waals surface area contributed by atoms with Gasteiger partial charge in [0.05, 0.1) is 6.61 Å². The number of benzene rings is 2. The van der Waals surface area contributed by atoms with Crippen molar-refractivity contribution in [2.75, 3.05) is 6.61 Å². The number of para-hydroxylation sites is 1. The number of hydrogen-bond donors (Lipinski definition) is 1. The van der Waals surface area contributed by atoms with Gasteiger partial charge in [0.25, 0.3) is 0 Å². The van der Waals surface area contributed by atoms with Gasteiger partial charge in [-0.3, -0.25) is 0 Å². The molecule has 2 nitrogen and oxygen atoms in total. The van der Waals surface area contributed by atoms with Crippen molar-refractivity contribution < 1.29 is 13.5 Å². The third-order valence-corrected chi connectivity index (χ3v) is 3.07. The molecule has 106 valence electrons. The quantitative estimate of drug-likeness (QED) is 0.906. The minimum Gasteiger partial charge on any atom is -0.494 e. The average molecular weight is 277 g/mol. The lowest BCUT2D eigenvalue weighted by Crippen LogP contribution is -2.15. The number of nitrogens with two attached hydrogens (primary N) is 1. The molecule has 2 aromatic carbocycles. The molecule has 2 aromatic rings. The Hall–Kier alpha value is -1.94. The minimum absolute atomic E-state index is 0.288. The molecule has 0 radical (unpaired) electrons. The molecule has 4 heteroatoms. The van der Waals surface area contributed by atoms with Crippen molar-refractivity contribution in [2.24, 2.45) is 5.73 Å². The van der Waals surface area contributed by atoms with Crippen LogP contribution in [0.3, 0.4) is 0 Å². The molecule has 0 amide bonds. The standard InChI is InChI=1S/C16H17F2NO/c1-2-20-16-6-4-3-5-13(16)15(19)9-11-7-8-12(17)10-14(11)18/h3-8,10,15H,2,9,19H2,1H3. The summed E-state index contributed by atoms with van der Waals surface area (Å²) < 4.78 is 32.0. The second-order valence-electron chi connectivity index (χ2n) is 4.52.